The minimum absolute atomic E-state index is 0.00384. The summed E-state index contributed by atoms with van der Waals surface area (Å²) < 4.78 is 3.50. The van der Waals surface area contributed by atoms with Crippen LogP contribution < -0.4 is 0 Å². The lowest BCUT2D eigenvalue weighted by Crippen LogP contribution is -1.95. The van der Waals surface area contributed by atoms with E-state index in [1.165, 1.54) is 6.20 Å². The van der Waals surface area contributed by atoms with E-state index in [9.17, 15) is 4.79 Å². The van der Waals surface area contributed by atoms with Gasteiger partial charge in [-0.2, -0.15) is 0 Å². The van der Waals surface area contributed by atoms with E-state index in [1.807, 2.05) is 0 Å². The molecular weight excluding hydrogens is 160 g/mol. The van der Waals surface area contributed by atoms with Crippen LogP contribution in [0.25, 0.3) is 0 Å². The Balaban J connectivity index is 2.77. The average Bonchev–Trinajstić information content (AvgIpc) is 2.37. The van der Waals surface area contributed by atoms with Crippen molar-refractivity contribution in [1.29, 1.82) is 0 Å². The maximum Gasteiger partial charge on any atom is 0.190 e. The maximum absolute atomic E-state index is 10.7. The van der Waals surface area contributed by atoms with Crippen molar-refractivity contribution in [1.82, 2.24) is 9.59 Å². The first-order valence-corrected chi connectivity index (χ1v) is 3.52. The molecule has 0 aliphatic carbocycles. The summed E-state index contributed by atoms with van der Waals surface area (Å²) in [5.41, 5.74) is 0. The van der Waals surface area contributed by atoms with Gasteiger partial charge in [-0.05, 0) is 11.5 Å². The number of Topliss-reactive ketones (excluding diaryl/α,β-unsaturated/α-hetero) is 1. The highest BCUT2D eigenvalue weighted by atomic mass is 35.5. The molecule has 0 atom stereocenters. The predicted octanol–water partition coefficient (Wildman–Crippen LogP) is 0.960. The van der Waals surface area contributed by atoms with Gasteiger partial charge in [-0.1, -0.05) is 4.49 Å². The van der Waals surface area contributed by atoms with Crippen molar-refractivity contribution >= 4 is 28.9 Å². The van der Waals surface area contributed by atoms with Crippen molar-refractivity contribution in [3.8, 4) is 0 Å². The monoisotopic (exact) mass is 162 g/mol. The molecule has 0 aliphatic rings. The van der Waals surface area contributed by atoms with E-state index in [4.69, 9.17) is 11.6 Å². The number of halogens is 1. The van der Waals surface area contributed by atoms with Gasteiger partial charge >= 0.3 is 0 Å². The summed E-state index contributed by atoms with van der Waals surface area (Å²) in [6.45, 7) is 0. The van der Waals surface area contributed by atoms with Gasteiger partial charge in [-0.25, -0.2) is 0 Å². The van der Waals surface area contributed by atoms with Gasteiger partial charge in [-0.15, -0.1) is 16.7 Å². The van der Waals surface area contributed by atoms with Crippen LogP contribution in [0.15, 0.2) is 6.20 Å². The third-order valence-electron chi connectivity index (χ3n) is 0.757. The summed E-state index contributed by atoms with van der Waals surface area (Å²) in [5, 5.41) is 3.48. The van der Waals surface area contributed by atoms with Crippen LogP contribution in [0.2, 0.25) is 0 Å². The van der Waals surface area contributed by atoms with E-state index in [1.54, 1.807) is 0 Å². The van der Waals surface area contributed by atoms with Gasteiger partial charge in [0.25, 0.3) is 0 Å². The van der Waals surface area contributed by atoms with Gasteiger partial charge in [-0.3, -0.25) is 4.79 Å². The number of alkyl halides is 1. The Labute approximate surface area is 60.8 Å². The fourth-order valence-electron chi connectivity index (χ4n) is 0.356. The van der Waals surface area contributed by atoms with E-state index in [-0.39, 0.29) is 11.7 Å². The van der Waals surface area contributed by atoms with Gasteiger partial charge < -0.3 is 0 Å². The van der Waals surface area contributed by atoms with Crippen molar-refractivity contribution in [2.75, 3.05) is 5.88 Å². The van der Waals surface area contributed by atoms with E-state index in [2.05, 4.69) is 9.59 Å². The molecule has 1 rings (SSSR count). The van der Waals surface area contributed by atoms with Crippen LogP contribution in [0.3, 0.4) is 0 Å². The fourth-order valence-corrected chi connectivity index (χ4v) is 1.03. The van der Waals surface area contributed by atoms with Crippen molar-refractivity contribution in [2.45, 2.75) is 0 Å². The summed E-state index contributed by atoms with van der Waals surface area (Å²) in [6, 6.07) is 0. The molecule has 48 valence electrons. The van der Waals surface area contributed by atoms with E-state index in [0.717, 1.165) is 11.5 Å². The lowest BCUT2D eigenvalue weighted by molar-refractivity contribution is 0.102. The number of rotatable bonds is 2. The number of nitrogens with zero attached hydrogens (tertiary/aromatic N) is 2. The molecular formula is C4H3ClN2OS. The molecule has 3 nitrogen and oxygen atoms in total. The standard InChI is InChI=1S/C4H3ClN2OS/c5-1-3(8)4-2-6-7-9-4/h2H,1H2. The zero-order valence-electron chi connectivity index (χ0n) is 4.37. The average molecular weight is 163 g/mol. The van der Waals surface area contributed by atoms with Gasteiger partial charge in [0.2, 0.25) is 0 Å². The number of hydrogen-bond donors (Lipinski definition) is 0. The smallest absolute Gasteiger partial charge is 0.190 e. The molecule has 0 bridgehead atoms. The lowest BCUT2D eigenvalue weighted by atomic mass is 10.4. The van der Waals surface area contributed by atoms with Crippen molar-refractivity contribution < 1.29 is 4.79 Å². The van der Waals surface area contributed by atoms with Crippen LogP contribution >= 0.6 is 23.1 Å². The second-order valence-corrected chi connectivity index (χ2v) is 2.39. The largest absolute Gasteiger partial charge is 0.292 e. The molecule has 0 unspecified atom stereocenters. The third-order valence-corrected chi connectivity index (χ3v) is 1.71. The van der Waals surface area contributed by atoms with Crippen LogP contribution in [0.5, 0.6) is 0 Å². The predicted molar refractivity (Wildman–Crippen MR) is 35.0 cm³/mol. The van der Waals surface area contributed by atoms with Crippen molar-refractivity contribution in [3.05, 3.63) is 11.1 Å². The first-order valence-electron chi connectivity index (χ1n) is 2.21. The molecule has 0 saturated heterocycles. The molecule has 0 radical (unpaired) electrons. The van der Waals surface area contributed by atoms with Gasteiger partial charge in [0, 0.05) is 0 Å². The zero-order valence-corrected chi connectivity index (χ0v) is 5.95. The molecule has 1 heterocycles. The number of carbonyl (C=O) groups excluding carboxylic acids is 1. The second-order valence-electron chi connectivity index (χ2n) is 1.34. The first-order chi connectivity index (χ1) is 4.34. The molecule has 9 heavy (non-hydrogen) atoms. The summed E-state index contributed by atoms with van der Waals surface area (Å²) in [7, 11) is 0. The Hall–Kier alpha value is -0.480. The quantitative estimate of drug-likeness (QED) is 0.481. The van der Waals surface area contributed by atoms with Crippen LogP contribution in [0.4, 0.5) is 0 Å². The van der Waals surface area contributed by atoms with Crippen molar-refractivity contribution in [2.24, 2.45) is 0 Å². The molecule has 1 aromatic heterocycles. The molecule has 0 N–H and O–H groups in total. The molecule has 0 spiro atoms. The Morgan fingerprint density at radius 3 is 3.11 bits per heavy atom. The normalized spacial score (nSPS) is 9.44. The number of ketones is 1. The van der Waals surface area contributed by atoms with Gasteiger partial charge in [0.1, 0.15) is 4.88 Å². The topological polar surface area (TPSA) is 42.9 Å². The molecule has 0 fully saturated rings. The molecule has 0 aromatic carbocycles. The minimum atomic E-state index is -0.119. The zero-order chi connectivity index (χ0) is 6.69. The molecule has 0 aliphatic heterocycles. The van der Waals surface area contributed by atoms with Crippen LogP contribution in [0, 0.1) is 0 Å². The Morgan fingerprint density at radius 1 is 1.89 bits per heavy atom. The third kappa shape index (κ3) is 1.46. The molecule has 0 amide bonds. The highest BCUT2D eigenvalue weighted by Gasteiger charge is 2.04. The Kier molecular flexibility index (Phi) is 2.13. The van der Waals surface area contributed by atoms with Crippen LogP contribution in [0.1, 0.15) is 9.67 Å². The van der Waals surface area contributed by atoms with Gasteiger partial charge in [0.15, 0.2) is 5.78 Å². The summed E-state index contributed by atoms with van der Waals surface area (Å²) >= 11 is 6.31. The number of carbonyl (C=O) groups is 1. The maximum atomic E-state index is 10.7. The minimum Gasteiger partial charge on any atom is -0.292 e. The van der Waals surface area contributed by atoms with Crippen molar-refractivity contribution in [3.63, 3.8) is 0 Å². The summed E-state index contributed by atoms with van der Waals surface area (Å²) in [4.78, 5) is 11.2. The van der Waals surface area contributed by atoms with E-state index < -0.39 is 0 Å². The van der Waals surface area contributed by atoms with E-state index in [0.29, 0.717) is 4.88 Å². The molecule has 5 heteroatoms. The lowest BCUT2D eigenvalue weighted by Gasteiger charge is -1.82. The molecule has 0 saturated carbocycles. The summed E-state index contributed by atoms with van der Waals surface area (Å²) in [6.07, 6.45) is 1.41. The second kappa shape index (κ2) is 2.89. The number of aromatic nitrogens is 2. The van der Waals surface area contributed by atoms with Crippen LogP contribution in [-0.2, 0) is 0 Å². The highest BCUT2D eigenvalue weighted by molar-refractivity contribution is 7.07. The van der Waals surface area contributed by atoms with E-state index >= 15 is 0 Å². The van der Waals surface area contributed by atoms with Crippen LogP contribution in [-0.4, -0.2) is 21.3 Å². The SMILES string of the molecule is O=C(CCl)c1cnns1. The molecule has 1 aromatic rings. The Morgan fingerprint density at radius 2 is 2.67 bits per heavy atom. The first kappa shape index (κ1) is 6.64. The van der Waals surface area contributed by atoms with Gasteiger partial charge in [0.05, 0.1) is 12.1 Å². The fraction of sp³-hybridized carbons (Fsp3) is 0.250. The Bertz CT molecular complexity index is 198. The summed E-state index contributed by atoms with van der Waals surface area (Å²) in [5.74, 6) is -0.115. The number of hydrogen-bond acceptors (Lipinski definition) is 4. The highest BCUT2D eigenvalue weighted by Crippen LogP contribution is 2.03.